The molecule has 0 aliphatic rings. The second-order valence-corrected chi connectivity index (χ2v) is 4.68. The molecule has 0 heterocycles. The Kier molecular flexibility index (Phi) is 4.10. The van der Waals surface area contributed by atoms with Crippen LogP contribution in [0.5, 0.6) is 11.5 Å². The molecule has 4 heteroatoms. The number of anilines is 1. The zero-order valence-electron chi connectivity index (χ0n) is 10.0. The Morgan fingerprint density at radius 2 is 2.00 bits per heavy atom. The van der Waals surface area contributed by atoms with E-state index in [0.717, 1.165) is 21.5 Å². The number of nitrogen functional groups attached to an aromatic ring is 1. The van der Waals surface area contributed by atoms with Crippen LogP contribution in [0.1, 0.15) is 5.56 Å². The van der Waals surface area contributed by atoms with Crippen molar-refractivity contribution in [2.75, 3.05) is 12.8 Å². The lowest BCUT2D eigenvalue weighted by Crippen LogP contribution is -1.97. The normalized spacial score (nSPS) is 10.1. The van der Waals surface area contributed by atoms with Crippen LogP contribution in [0.4, 0.5) is 5.69 Å². The van der Waals surface area contributed by atoms with Crippen LogP contribution < -0.4 is 15.2 Å². The maximum absolute atomic E-state index is 5.72. The summed E-state index contributed by atoms with van der Waals surface area (Å²) < 4.78 is 11.8. The Morgan fingerprint density at radius 1 is 1.17 bits per heavy atom. The first kappa shape index (κ1) is 12.8. The average Bonchev–Trinajstić information content (AvgIpc) is 2.40. The summed E-state index contributed by atoms with van der Waals surface area (Å²) in [6.07, 6.45) is 0. The molecule has 0 saturated heterocycles. The third kappa shape index (κ3) is 3.17. The summed E-state index contributed by atoms with van der Waals surface area (Å²) in [7, 11) is 1.65. The van der Waals surface area contributed by atoms with Gasteiger partial charge in [0, 0.05) is 11.8 Å². The number of hydrogen-bond donors (Lipinski definition) is 1. The van der Waals surface area contributed by atoms with Gasteiger partial charge >= 0.3 is 0 Å². The predicted molar refractivity (Wildman–Crippen MR) is 75.9 cm³/mol. The van der Waals surface area contributed by atoms with Gasteiger partial charge < -0.3 is 15.2 Å². The molecule has 2 rings (SSSR count). The molecule has 0 aromatic heterocycles. The van der Waals surface area contributed by atoms with Crippen molar-refractivity contribution < 1.29 is 9.47 Å². The van der Waals surface area contributed by atoms with E-state index in [1.54, 1.807) is 13.2 Å². The molecule has 94 valence electrons. The number of rotatable bonds is 4. The third-order valence-electron chi connectivity index (χ3n) is 2.48. The van der Waals surface area contributed by atoms with E-state index in [2.05, 4.69) is 15.9 Å². The molecule has 3 nitrogen and oxygen atoms in total. The minimum atomic E-state index is 0.471. The third-order valence-corrected chi connectivity index (χ3v) is 3.14. The lowest BCUT2D eigenvalue weighted by atomic mass is 10.2. The van der Waals surface area contributed by atoms with E-state index in [-0.39, 0.29) is 0 Å². The van der Waals surface area contributed by atoms with E-state index in [9.17, 15) is 0 Å². The molecule has 0 unspecified atom stereocenters. The highest BCUT2D eigenvalue weighted by molar-refractivity contribution is 9.10. The molecular formula is C14H14BrNO2. The molecule has 2 aromatic carbocycles. The largest absolute Gasteiger partial charge is 0.497 e. The summed E-state index contributed by atoms with van der Waals surface area (Å²) >= 11 is 3.43. The molecule has 18 heavy (non-hydrogen) atoms. The van der Waals surface area contributed by atoms with Crippen molar-refractivity contribution in [2.24, 2.45) is 0 Å². The van der Waals surface area contributed by atoms with E-state index >= 15 is 0 Å². The van der Waals surface area contributed by atoms with Gasteiger partial charge in [-0.15, -0.1) is 0 Å². The smallest absolute Gasteiger partial charge is 0.136 e. The Hall–Kier alpha value is -1.68. The first-order valence-corrected chi connectivity index (χ1v) is 6.29. The van der Waals surface area contributed by atoms with E-state index in [0.29, 0.717) is 12.3 Å². The van der Waals surface area contributed by atoms with Gasteiger partial charge in [0.05, 0.1) is 11.6 Å². The van der Waals surface area contributed by atoms with Crippen LogP contribution in [0.2, 0.25) is 0 Å². The monoisotopic (exact) mass is 307 g/mol. The molecule has 0 fully saturated rings. The van der Waals surface area contributed by atoms with Crippen LogP contribution in [0, 0.1) is 0 Å². The maximum atomic E-state index is 5.72. The summed E-state index contributed by atoms with van der Waals surface area (Å²) in [5.74, 6) is 1.56. The highest BCUT2D eigenvalue weighted by Gasteiger charge is 2.03. The Labute approximate surface area is 115 Å². The standard InChI is InChI=1S/C14H14BrNO2/c1-17-12-4-2-3-10(7-12)9-18-14-8-11(16)5-6-13(14)15/h2-8H,9,16H2,1H3. The molecule has 0 spiro atoms. The van der Waals surface area contributed by atoms with Crippen LogP contribution in [0.3, 0.4) is 0 Å². The van der Waals surface area contributed by atoms with Gasteiger partial charge in [-0.2, -0.15) is 0 Å². The SMILES string of the molecule is COc1cccc(COc2cc(N)ccc2Br)c1. The van der Waals surface area contributed by atoms with Crippen molar-refractivity contribution >= 4 is 21.6 Å². The van der Waals surface area contributed by atoms with Gasteiger partial charge in [0.2, 0.25) is 0 Å². The van der Waals surface area contributed by atoms with Gasteiger partial charge in [-0.05, 0) is 45.8 Å². The van der Waals surface area contributed by atoms with Gasteiger partial charge in [-0.1, -0.05) is 12.1 Å². The van der Waals surface area contributed by atoms with Crippen LogP contribution in [-0.4, -0.2) is 7.11 Å². The zero-order valence-corrected chi connectivity index (χ0v) is 11.6. The lowest BCUT2D eigenvalue weighted by Gasteiger charge is -2.09. The molecule has 0 aliphatic heterocycles. The zero-order chi connectivity index (χ0) is 13.0. The summed E-state index contributed by atoms with van der Waals surface area (Å²) in [5.41, 5.74) is 7.45. The number of hydrogen-bond acceptors (Lipinski definition) is 3. The Bertz CT molecular complexity index is 543. The summed E-state index contributed by atoms with van der Waals surface area (Å²) in [4.78, 5) is 0. The molecule has 0 atom stereocenters. The molecule has 2 aromatic rings. The van der Waals surface area contributed by atoms with Crippen LogP contribution in [-0.2, 0) is 6.61 Å². The number of methoxy groups -OCH3 is 1. The quantitative estimate of drug-likeness (QED) is 0.877. The van der Waals surface area contributed by atoms with Gasteiger partial charge in [-0.3, -0.25) is 0 Å². The van der Waals surface area contributed by atoms with Crippen molar-refractivity contribution in [3.63, 3.8) is 0 Å². The fraction of sp³-hybridized carbons (Fsp3) is 0.143. The highest BCUT2D eigenvalue weighted by atomic mass is 79.9. The summed E-state index contributed by atoms with van der Waals surface area (Å²) in [6.45, 7) is 0.471. The van der Waals surface area contributed by atoms with Crippen molar-refractivity contribution in [2.45, 2.75) is 6.61 Å². The van der Waals surface area contributed by atoms with Gasteiger partial charge in [0.15, 0.2) is 0 Å². The topological polar surface area (TPSA) is 44.5 Å². The van der Waals surface area contributed by atoms with E-state index in [1.165, 1.54) is 0 Å². The van der Waals surface area contributed by atoms with Gasteiger partial charge in [0.1, 0.15) is 18.1 Å². The Morgan fingerprint density at radius 3 is 2.78 bits per heavy atom. The molecule has 0 amide bonds. The lowest BCUT2D eigenvalue weighted by molar-refractivity contribution is 0.303. The first-order valence-electron chi connectivity index (χ1n) is 5.50. The number of halogens is 1. The summed E-state index contributed by atoms with van der Waals surface area (Å²) in [6, 6.07) is 13.3. The van der Waals surface area contributed by atoms with Gasteiger partial charge in [0.25, 0.3) is 0 Å². The van der Waals surface area contributed by atoms with E-state index < -0.39 is 0 Å². The van der Waals surface area contributed by atoms with E-state index in [4.69, 9.17) is 15.2 Å². The minimum absolute atomic E-state index is 0.471. The number of benzene rings is 2. The number of nitrogens with two attached hydrogens (primary N) is 1. The molecule has 0 bridgehead atoms. The fourth-order valence-corrected chi connectivity index (χ4v) is 1.91. The van der Waals surface area contributed by atoms with Crippen LogP contribution in [0.15, 0.2) is 46.9 Å². The van der Waals surface area contributed by atoms with Crippen LogP contribution >= 0.6 is 15.9 Å². The van der Waals surface area contributed by atoms with Gasteiger partial charge in [-0.25, -0.2) is 0 Å². The van der Waals surface area contributed by atoms with Crippen molar-refractivity contribution in [3.05, 3.63) is 52.5 Å². The van der Waals surface area contributed by atoms with Crippen molar-refractivity contribution in [1.82, 2.24) is 0 Å². The second-order valence-electron chi connectivity index (χ2n) is 3.83. The second kappa shape index (κ2) is 5.78. The summed E-state index contributed by atoms with van der Waals surface area (Å²) in [5, 5.41) is 0. The number of ether oxygens (including phenoxy) is 2. The Balaban J connectivity index is 2.08. The van der Waals surface area contributed by atoms with E-state index in [1.807, 2.05) is 36.4 Å². The molecule has 2 N–H and O–H groups in total. The molecule has 0 radical (unpaired) electrons. The maximum Gasteiger partial charge on any atom is 0.136 e. The molecular weight excluding hydrogens is 294 g/mol. The average molecular weight is 308 g/mol. The minimum Gasteiger partial charge on any atom is -0.497 e. The van der Waals surface area contributed by atoms with Crippen molar-refractivity contribution in [1.29, 1.82) is 0 Å². The molecule has 0 saturated carbocycles. The highest BCUT2D eigenvalue weighted by Crippen LogP contribution is 2.28. The first-order chi connectivity index (χ1) is 8.69. The van der Waals surface area contributed by atoms with Crippen molar-refractivity contribution in [3.8, 4) is 11.5 Å². The fourth-order valence-electron chi connectivity index (χ4n) is 1.55. The predicted octanol–water partition coefficient (Wildman–Crippen LogP) is 3.62. The van der Waals surface area contributed by atoms with Crippen LogP contribution in [0.25, 0.3) is 0 Å². The molecule has 0 aliphatic carbocycles.